The lowest BCUT2D eigenvalue weighted by molar-refractivity contribution is 0.565. The molecule has 0 aromatic heterocycles. The molecule has 0 spiro atoms. The van der Waals surface area contributed by atoms with E-state index in [0.29, 0.717) is 0 Å². The first-order valence-electron chi connectivity index (χ1n) is 6.64. The predicted octanol–water partition coefficient (Wildman–Crippen LogP) is 3.48. The molecule has 2 rings (SSSR count). The Balaban J connectivity index is 2.27. The fourth-order valence-electron chi connectivity index (χ4n) is 2.20. The van der Waals surface area contributed by atoms with E-state index < -0.39 is 15.8 Å². The zero-order valence-corrected chi connectivity index (χ0v) is 13.0. The van der Waals surface area contributed by atoms with Gasteiger partial charge in [-0.05, 0) is 56.2 Å². The van der Waals surface area contributed by atoms with Crippen LogP contribution in [-0.4, -0.2) is 8.42 Å². The highest BCUT2D eigenvalue weighted by Crippen LogP contribution is 2.21. The van der Waals surface area contributed by atoms with Crippen molar-refractivity contribution in [3.63, 3.8) is 0 Å². The molecular formula is C16H18FNO2S. The van der Waals surface area contributed by atoms with Crippen LogP contribution < -0.4 is 4.72 Å². The van der Waals surface area contributed by atoms with Crippen LogP contribution in [0.1, 0.15) is 29.7 Å². The van der Waals surface area contributed by atoms with Gasteiger partial charge in [0.1, 0.15) is 5.82 Å². The number of aryl methyl sites for hydroxylation is 2. The van der Waals surface area contributed by atoms with Gasteiger partial charge in [-0.3, -0.25) is 0 Å². The molecule has 0 bridgehead atoms. The number of sulfonamides is 1. The highest BCUT2D eigenvalue weighted by Gasteiger charge is 2.19. The number of hydrogen-bond acceptors (Lipinski definition) is 2. The second kappa shape index (κ2) is 5.95. The van der Waals surface area contributed by atoms with Crippen LogP contribution in [0.3, 0.4) is 0 Å². The molecule has 0 fully saturated rings. The molecule has 0 saturated heterocycles. The second-order valence-corrected chi connectivity index (χ2v) is 6.87. The highest BCUT2D eigenvalue weighted by molar-refractivity contribution is 7.89. The molecule has 0 aliphatic rings. The van der Waals surface area contributed by atoms with Crippen LogP contribution in [-0.2, 0) is 10.0 Å². The van der Waals surface area contributed by atoms with E-state index >= 15 is 0 Å². The Hall–Kier alpha value is -1.72. The van der Waals surface area contributed by atoms with Gasteiger partial charge in [0.2, 0.25) is 10.0 Å². The summed E-state index contributed by atoms with van der Waals surface area (Å²) >= 11 is 0. The van der Waals surface area contributed by atoms with Gasteiger partial charge in [0.25, 0.3) is 0 Å². The molecule has 0 saturated carbocycles. The summed E-state index contributed by atoms with van der Waals surface area (Å²) in [5.74, 6) is -0.462. The van der Waals surface area contributed by atoms with E-state index in [0.717, 1.165) is 28.8 Å². The molecule has 0 aliphatic heterocycles. The van der Waals surface area contributed by atoms with Crippen LogP contribution >= 0.6 is 0 Å². The summed E-state index contributed by atoms with van der Waals surface area (Å²) in [6, 6.07) is 10.3. The van der Waals surface area contributed by atoms with E-state index in [9.17, 15) is 12.8 Å². The predicted molar refractivity (Wildman–Crippen MR) is 81.1 cm³/mol. The first-order chi connectivity index (χ1) is 9.79. The SMILES string of the molecule is Cc1ccc(C)c([C@@H](C)NS(=O)(=O)c2ccc(F)cc2)c1. The van der Waals surface area contributed by atoms with Crippen molar-refractivity contribution >= 4 is 10.0 Å². The zero-order valence-electron chi connectivity index (χ0n) is 12.2. The molecule has 1 N–H and O–H groups in total. The third-order valence-corrected chi connectivity index (χ3v) is 4.91. The summed E-state index contributed by atoms with van der Waals surface area (Å²) in [5.41, 5.74) is 3.03. The van der Waals surface area contributed by atoms with Crippen LogP contribution in [0.4, 0.5) is 4.39 Å². The van der Waals surface area contributed by atoms with Crippen molar-refractivity contribution in [2.45, 2.75) is 31.7 Å². The van der Waals surface area contributed by atoms with Gasteiger partial charge in [0.05, 0.1) is 4.90 Å². The zero-order chi connectivity index (χ0) is 15.6. The monoisotopic (exact) mass is 307 g/mol. The van der Waals surface area contributed by atoms with E-state index in [1.54, 1.807) is 6.92 Å². The van der Waals surface area contributed by atoms with Gasteiger partial charge >= 0.3 is 0 Å². The number of halogens is 1. The molecule has 112 valence electrons. The molecule has 3 nitrogen and oxygen atoms in total. The molecule has 21 heavy (non-hydrogen) atoms. The average Bonchev–Trinajstić information content (AvgIpc) is 2.41. The molecule has 0 amide bonds. The lowest BCUT2D eigenvalue weighted by atomic mass is 10.0. The van der Waals surface area contributed by atoms with Crippen molar-refractivity contribution in [2.75, 3.05) is 0 Å². The van der Waals surface area contributed by atoms with Gasteiger partial charge in [-0.1, -0.05) is 23.8 Å². The molecule has 0 aliphatic carbocycles. The van der Waals surface area contributed by atoms with Crippen LogP contribution in [0.15, 0.2) is 47.4 Å². The average molecular weight is 307 g/mol. The van der Waals surface area contributed by atoms with E-state index in [4.69, 9.17) is 0 Å². The number of benzene rings is 2. The van der Waals surface area contributed by atoms with E-state index in [1.807, 2.05) is 32.0 Å². The summed E-state index contributed by atoms with van der Waals surface area (Å²) in [6.07, 6.45) is 0. The van der Waals surface area contributed by atoms with Crippen LogP contribution in [0.5, 0.6) is 0 Å². The maximum Gasteiger partial charge on any atom is 0.241 e. The minimum Gasteiger partial charge on any atom is -0.207 e. The molecule has 1 atom stereocenters. The molecule has 5 heteroatoms. The van der Waals surface area contributed by atoms with Crippen LogP contribution in [0.2, 0.25) is 0 Å². The Labute approximate surface area is 124 Å². The lowest BCUT2D eigenvalue weighted by Gasteiger charge is -2.17. The Morgan fingerprint density at radius 1 is 1.05 bits per heavy atom. The maximum atomic E-state index is 12.9. The number of nitrogens with one attached hydrogen (secondary N) is 1. The summed E-state index contributed by atoms with van der Waals surface area (Å²) in [4.78, 5) is 0.0565. The Kier molecular flexibility index (Phi) is 4.44. The van der Waals surface area contributed by atoms with Crippen LogP contribution in [0, 0.1) is 19.7 Å². The van der Waals surface area contributed by atoms with Gasteiger partial charge < -0.3 is 0 Å². The summed E-state index contributed by atoms with van der Waals surface area (Å²) in [7, 11) is -3.67. The molecule has 0 radical (unpaired) electrons. The first-order valence-corrected chi connectivity index (χ1v) is 8.13. The largest absolute Gasteiger partial charge is 0.241 e. The summed E-state index contributed by atoms with van der Waals surface area (Å²) < 4.78 is 40.1. The normalized spacial score (nSPS) is 13.1. The van der Waals surface area contributed by atoms with Crippen molar-refractivity contribution < 1.29 is 12.8 Å². The van der Waals surface area contributed by atoms with Gasteiger partial charge in [0.15, 0.2) is 0 Å². The highest BCUT2D eigenvalue weighted by atomic mass is 32.2. The van der Waals surface area contributed by atoms with Gasteiger partial charge in [0, 0.05) is 6.04 Å². The second-order valence-electron chi connectivity index (χ2n) is 5.16. The fourth-order valence-corrected chi connectivity index (χ4v) is 3.43. The Morgan fingerprint density at radius 2 is 1.67 bits per heavy atom. The van der Waals surface area contributed by atoms with Crippen LogP contribution in [0.25, 0.3) is 0 Å². The Morgan fingerprint density at radius 3 is 2.29 bits per heavy atom. The molecule has 0 heterocycles. The fraction of sp³-hybridized carbons (Fsp3) is 0.250. The molecule has 0 unspecified atom stereocenters. The van der Waals surface area contributed by atoms with E-state index in [2.05, 4.69) is 4.72 Å². The van der Waals surface area contributed by atoms with Crippen molar-refractivity contribution in [3.8, 4) is 0 Å². The molecule has 2 aromatic rings. The first kappa shape index (κ1) is 15.7. The van der Waals surface area contributed by atoms with E-state index in [-0.39, 0.29) is 10.9 Å². The smallest absolute Gasteiger partial charge is 0.207 e. The van der Waals surface area contributed by atoms with Gasteiger partial charge in [-0.15, -0.1) is 0 Å². The third-order valence-electron chi connectivity index (χ3n) is 3.36. The maximum absolute atomic E-state index is 12.9. The van der Waals surface area contributed by atoms with Crippen molar-refractivity contribution in [1.29, 1.82) is 0 Å². The summed E-state index contributed by atoms with van der Waals surface area (Å²) in [6.45, 7) is 5.70. The minimum atomic E-state index is -3.67. The quantitative estimate of drug-likeness (QED) is 0.940. The molecular weight excluding hydrogens is 289 g/mol. The number of hydrogen-bond donors (Lipinski definition) is 1. The number of rotatable bonds is 4. The van der Waals surface area contributed by atoms with Crippen molar-refractivity contribution in [3.05, 3.63) is 65.0 Å². The third kappa shape index (κ3) is 3.68. The topological polar surface area (TPSA) is 46.2 Å². The lowest BCUT2D eigenvalue weighted by Crippen LogP contribution is -2.27. The van der Waals surface area contributed by atoms with Crippen molar-refractivity contribution in [1.82, 2.24) is 4.72 Å². The Bertz CT molecular complexity index is 739. The summed E-state index contributed by atoms with van der Waals surface area (Å²) in [5, 5.41) is 0. The standard InChI is InChI=1S/C16H18FNO2S/c1-11-4-5-12(2)16(10-11)13(3)18-21(19,20)15-8-6-14(17)7-9-15/h4-10,13,18H,1-3H3/t13-/m1/s1. The minimum absolute atomic E-state index is 0.0565. The molecule has 2 aromatic carbocycles. The van der Waals surface area contributed by atoms with E-state index in [1.165, 1.54) is 12.1 Å². The van der Waals surface area contributed by atoms with Gasteiger partial charge in [-0.2, -0.15) is 0 Å². The van der Waals surface area contributed by atoms with Gasteiger partial charge in [-0.25, -0.2) is 17.5 Å². The van der Waals surface area contributed by atoms with Crippen molar-refractivity contribution in [2.24, 2.45) is 0 Å².